The lowest BCUT2D eigenvalue weighted by Gasteiger charge is -2.17. The van der Waals surface area contributed by atoms with Gasteiger partial charge in [0.1, 0.15) is 0 Å². The van der Waals surface area contributed by atoms with Crippen LogP contribution in [-0.4, -0.2) is 27.8 Å². The molecule has 0 aliphatic rings. The van der Waals surface area contributed by atoms with Gasteiger partial charge < -0.3 is 4.74 Å². The Morgan fingerprint density at radius 2 is 1.73 bits per heavy atom. The Morgan fingerprint density at radius 3 is 2.27 bits per heavy atom. The van der Waals surface area contributed by atoms with Crippen LogP contribution in [0.1, 0.15) is 34.3 Å². The molecule has 1 atom stereocenters. The molecule has 0 N–H and O–H groups in total. The number of hydrogen-bond acceptors (Lipinski definition) is 4. The fraction of sp³-hybridized carbons (Fsp3) is 0.235. The Bertz CT molecular complexity index is 780. The molecule has 0 spiro atoms. The molecule has 2 aromatic carbocycles. The van der Waals surface area contributed by atoms with Gasteiger partial charge in [-0.05, 0) is 23.3 Å². The monoisotopic (exact) mass is 318 g/mol. The van der Waals surface area contributed by atoms with Gasteiger partial charge in [-0.3, -0.25) is 0 Å². The highest BCUT2D eigenvalue weighted by Crippen LogP contribution is 2.30. The van der Waals surface area contributed by atoms with Crippen molar-refractivity contribution in [1.82, 2.24) is 0 Å². The Labute approximate surface area is 130 Å². The average molecular weight is 318 g/mol. The largest absolute Gasteiger partial charge is 0.465 e. The van der Waals surface area contributed by atoms with E-state index in [9.17, 15) is 13.2 Å². The van der Waals surface area contributed by atoms with E-state index in [2.05, 4.69) is 4.74 Å². The number of carbonyl (C=O) groups excluding carboxylic acids is 1. The first-order valence-electron chi connectivity index (χ1n) is 6.82. The van der Waals surface area contributed by atoms with Crippen LogP contribution in [0.2, 0.25) is 0 Å². The number of carbonyl (C=O) groups is 1. The summed E-state index contributed by atoms with van der Waals surface area (Å²) in [4.78, 5) is 11.8. The van der Waals surface area contributed by atoms with Crippen LogP contribution in [-0.2, 0) is 14.6 Å². The van der Waals surface area contributed by atoms with Gasteiger partial charge in [-0.2, -0.15) is 0 Å². The van der Waals surface area contributed by atoms with Gasteiger partial charge in [-0.15, -0.1) is 0 Å². The van der Waals surface area contributed by atoms with E-state index in [1.807, 2.05) is 37.3 Å². The third-order valence-electron chi connectivity index (χ3n) is 3.60. The summed E-state index contributed by atoms with van der Waals surface area (Å²) in [5.74, 6) is -0.651. The van der Waals surface area contributed by atoms with Crippen molar-refractivity contribution >= 4 is 15.8 Å². The fourth-order valence-corrected chi connectivity index (χ4v) is 3.39. The first-order valence-corrected chi connectivity index (χ1v) is 8.71. The number of esters is 1. The molecule has 1 unspecified atom stereocenters. The second-order valence-electron chi connectivity index (χ2n) is 5.15. The third-order valence-corrected chi connectivity index (χ3v) is 4.75. The van der Waals surface area contributed by atoms with E-state index in [-0.39, 0.29) is 16.4 Å². The maximum Gasteiger partial charge on any atom is 0.337 e. The molecule has 0 heterocycles. The molecule has 0 aromatic heterocycles. The molecule has 5 heteroatoms. The minimum absolute atomic E-state index is 0.0994. The van der Waals surface area contributed by atoms with Gasteiger partial charge in [0.05, 0.1) is 17.6 Å². The summed E-state index contributed by atoms with van der Waals surface area (Å²) in [6, 6.07) is 14.3. The number of sulfone groups is 1. The van der Waals surface area contributed by atoms with E-state index in [4.69, 9.17) is 0 Å². The van der Waals surface area contributed by atoms with E-state index < -0.39 is 15.8 Å². The minimum atomic E-state index is -3.46. The molecular weight excluding hydrogens is 300 g/mol. The normalized spacial score (nSPS) is 12.7. The molecule has 0 saturated carbocycles. The molecule has 0 aliphatic heterocycles. The molecule has 22 heavy (non-hydrogen) atoms. The molecule has 2 aromatic rings. The topological polar surface area (TPSA) is 60.4 Å². The highest BCUT2D eigenvalue weighted by atomic mass is 32.2. The Balaban J connectivity index is 2.59. The molecule has 2 rings (SSSR count). The van der Waals surface area contributed by atoms with Crippen molar-refractivity contribution in [3.05, 3.63) is 65.2 Å². The highest BCUT2D eigenvalue weighted by Gasteiger charge is 2.21. The predicted octanol–water partition coefficient (Wildman–Crippen LogP) is 3.03. The lowest BCUT2D eigenvalue weighted by molar-refractivity contribution is 0.0600. The first-order chi connectivity index (χ1) is 10.3. The van der Waals surface area contributed by atoms with Crippen LogP contribution in [0.25, 0.3) is 0 Å². The van der Waals surface area contributed by atoms with Crippen LogP contribution in [0.5, 0.6) is 0 Å². The van der Waals surface area contributed by atoms with Gasteiger partial charge in [-0.1, -0.05) is 43.3 Å². The number of methoxy groups -OCH3 is 1. The smallest absolute Gasteiger partial charge is 0.337 e. The van der Waals surface area contributed by atoms with Gasteiger partial charge in [0.25, 0.3) is 0 Å². The van der Waals surface area contributed by atoms with Crippen molar-refractivity contribution in [2.75, 3.05) is 13.4 Å². The molecule has 0 bridgehead atoms. The summed E-state index contributed by atoms with van der Waals surface area (Å²) >= 11 is 0. The van der Waals surface area contributed by atoms with E-state index in [1.54, 1.807) is 12.1 Å². The molecule has 4 nitrogen and oxygen atoms in total. The summed E-state index contributed by atoms with van der Waals surface area (Å²) in [7, 11) is -2.19. The fourth-order valence-electron chi connectivity index (χ4n) is 2.38. The van der Waals surface area contributed by atoms with Gasteiger partial charge in [0, 0.05) is 12.2 Å². The van der Waals surface area contributed by atoms with E-state index in [0.717, 1.165) is 11.8 Å². The third kappa shape index (κ3) is 3.36. The lowest BCUT2D eigenvalue weighted by Crippen LogP contribution is -2.10. The summed E-state index contributed by atoms with van der Waals surface area (Å²) in [5, 5.41) is 0. The van der Waals surface area contributed by atoms with Crippen LogP contribution in [0.3, 0.4) is 0 Å². The molecule has 0 fully saturated rings. The summed E-state index contributed by atoms with van der Waals surface area (Å²) in [6.07, 6.45) is 1.14. The molecule has 0 aliphatic carbocycles. The summed E-state index contributed by atoms with van der Waals surface area (Å²) < 4.78 is 28.9. The van der Waals surface area contributed by atoms with Crippen molar-refractivity contribution in [2.24, 2.45) is 0 Å². The van der Waals surface area contributed by atoms with Crippen LogP contribution < -0.4 is 0 Å². The van der Waals surface area contributed by atoms with Gasteiger partial charge in [0.15, 0.2) is 9.84 Å². The van der Waals surface area contributed by atoms with Crippen molar-refractivity contribution in [2.45, 2.75) is 17.7 Å². The van der Waals surface area contributed by atoms with Crippen LogP contribution >= 0.6 is 0 Å². The zero-order valence-electron chi connectivity index (χ0n) is 12.7. The quantitative estimate of drug-likeness (QED) is 0.813. The predicted molar refractivity (Wildman–Crippen MR) is 84.9 cm³/mol. The number of hydrogen-bond donors (Lipinski definition) is 0. The van der Waals surface area contributed by atoms with Crippen molar-refractivity contribution in [3.63, 3.8) is 0 Å². The zero-order valence-corrected chi connectivity index (χ0v) is 13.6. The summed E-state index contributed by atoms with van der Waals surface area (Å²) in [6.45, 7) is 1.94. The molecular formula is C17H18O4S. The number of ether oxygens (including phenoxy) is 1. The van der Waals surface area contributed by atoms with Crippen LogP contribution in [0.15, 0.2) is 53.4 Å². The second kappa shape index (κ2) is 6.32. The van der Waals surface area contributed by atoms with Crippen molar-refractivity contribution in [1.29, 1.82) is 0 Å². The summed E-state index contributed by atoms with van der Waals surface area (Å²) in [5.41, 5.74) is 1.91. The van der Waals surface area contributed by atoms with Crippen LogP contribution in [0, 0.1) is 0 Å². The first kappa shape index (κ1) is 16.2. The van der Waals surface area contributed by atoms with Crippen LogP contribution in [0.4, 0.5) is 0 Å². The highest BCUT2D eigenvalue weighted by molar-refractivity contribution is 7.90. The Kier molecular flexibility index (Phi) is 4.66. The van der Waals surface area contributed by atoms with Gasteiger partial charge in [0.2, 0.25) is 0 Å². The molecule has 116 valence electrons. The SMILES string of the molecule is COC(=O)c1ccc(C(C)c2ccccc2)c(S(C)(=O)=O)c1. The van der Waals surface area contributed by atoms with E-state index in [1.165, 1.54) is 13.2 Å². The zero-order chi connectivity index (χ0) is 16.3. The maximum atomic E-state index is 12.1. The van der Waals surface area contributed by atoms with Gasteiger partial charge in [-0.25, -0.2) is 13.2 Å². The molecule has 0 saturated heterocycles. The maximum absolute atomic E-state index is 12.1. The van der Waals surface area contributed by atoms with Gasteiger partial charge >= 0.3 is 5.97 Å². The molecule has 0 radical (unpaired) electrons. The van der Waals surface area contributed by atoms with E-state index in [0.29, 0.717) is 5.56 Å². The Hall–Kier alpha value is -2.14. The number of rotatable bonds is 4. The minimum Gasteiger partial charge on any atom is -0.465 e. The number of benzene rings is 2. The Morgan fingerprint density at radius 1 is 1.09 bits per heavy atom. The van der Waals surface area contributed by atoms with Crippen molar-refractivity contribution < 1.29 is 17.9 Å². The lowest BCUT2D eigenvalue weighted by atomic mass is 9.92. The average Bonchev–Trinajstić information content (AvgIpc) is 2.53. The van der Waals surface area contributed by atoms with Crippen molar-refractivity contribution in [3.8, 4) is 0 Å². The molecule has 0 amide bonds. The van der Waals surface area contributed by atoms with E-state index >= 15 is 0 Å². The standard InChI is InChI=1S/C17H18O4S/c1-12(13-7-5-4-6-8-13)15-10-9-14(17(18)21-2)11-16(15)22(3,19)20/h4-12H,1-3H3. The second-order valence-corrected chi connectivity index (χ2v) is 7.13.